The molecule has 5 heterocycles. The second-order valence-electron chi connectivity index (χ2n) is 10.4. The van der Waals surface area contributed by atoms with Crippen LogP contribution in [0.15, 0.2) is 36.5 Å². The maximum atomic E-state index is 14.2. The quantitative estimate of drug-likeness (QED) is 0.383. The van der Waals surface area contributed by atoms with Crippen LogP contribution >= 0.6 is 0 Å². The zero-order valence-corrected chi connectivity index (χ0v) is 21.8. The predicted octanol–water partition coefficient (Wildman–Crippen LogP) is 4.15. The van der Waals surface area contributed by atoms with E-state index >= 15 is 0 Å². The first-order valence-electron chi connectivity index (χ1n) is 12.9. The molecule has 4 aromatic rings. The molecule has 0 saturated carbocycles. The number of aliphatic hydroxyl groups is 1. The van der Waals surface area contributed by atoms with Gasteiger partial charge in [-0.05, 0) is 57.9 Å². The van der Waals surface area contributed by atoms with Crippen molar-refractivity contribution >= 4 is 23.2 Å². The number of benzene rings is 1. The summed E-state index contributed by atoms with van der Waals surface area (Å²) in [5.74, 6) is 0.203. The highest BCUT2D eigenvalue weighted by Crippen LogP contribution is 2.44. The first-order valence-corrected chi connectivity index (χ1v) is 12.9. The maximum Gasteiger partial charge on any atom is 0.235 e. The lowest BCUT2D eigenvalue weighted by molar-refractivity contribution is -0.119. The van der Waals surface area contributed by atoms with Gasteiger partial charge in [-0.15, -0.1) is 0 Å². The lowest BCUT2D eigenvalue weighted by Gasteiger charge is -2.29. The molecule has 202 valence electrons. The molecule has 2 N–H and O–H groups in total. The molecular weight excluding hydrogens is 506 g/mol. The van der Waals surface area contributed by atoms with Crippen LogP contribution in [0.2, 0.25) is 0 Å². The molecule has 1 atom stereocenters. The first-order chi connectivity index (χ1) is 18.7. The van der Waals surface area contributed by atoms with E-state index < -0.39 is 17.0 Å². The van der Waals surface area contributed by atoms with E-state index in [4.69, 9.17) is 14.7 Å². The number of fused-ring (bicyclic) bond motifs is 2. The third-order valence-corrected chi connectivity index (χ3v) is 7.61. The Hall–Kier alpha value is -4.12. The number of carbonyl (C=O) groups is 1. The van der Waals surface area contributed by atoms with Crippen molar-refractivity contribution in [2.75, 3.05) is 23.4 Å². The number of carbonyl (C=O) groups excluding carboxylic acids is 1. The van der Waals surface area contributed by atoms with Gasteiger partial charge in [0.1, 0.15) is 35.6 Å². The summed E-state index contributed by atoms with van der Waals surface area (Å²) in [6.45, 7) is 5.87. The molecule has 0 unspecified atom stereocenters. The Kier molecular flexibility index (Phi) is 5.98. The summed E-state index contributed by atoms with van der Waals surface area (Å²) >= 11 is 0. The second kappa shape index (κ2) is 9.26. The van der Waals surface area contributed by atoms with Gasteiger partial charge in [-0.3, -0.25) is 9.20 Å². The van der Waals surface area contributed by atoms with Crippen LogP contribution in [-0.2, 0) is 16.8 Å². The second-order valence-corrected chi connectivity index (χ2v) is 10.4. The summed E-state index contributed by atoms with van der Waals surface area (Å²) < 4.78 is 35.9. The largest absolute Gasteiger partial charge is 0.485 e. The van der Waals surface area contributed by atoms with E-state index in [2.05, 4.69) is 15.2 Å². The monoisotopic (exact) mass is 534 g/mol. The average Bonchev–Trinajstić information content (AvgIpc) is 3.57. The van der Waals surface area contributed by atoms with Gasteiger partial charge in [-0.2, -0.15) is 0 Å². The molecule has 1 aromatic carbocycles. The molecule has 11 heteroatoms. The normalized spacial score (nSPS) is 18.1. The van der Waals surface area contributed by atoms with Crippen LogP contribution in [0.3, 0.4) is 0 Å². The fraction of sp³-hybridized carbons (Fsp3) is 0.357. The Morgan fingerprint density at radius 3 is 2.67 bits per heavy atom. The van der Waals surface area contributed by atoms with Gasteiger partial charge < -0.3 is 20.1 Å². The molecule has 0 aliphatic carbocycles. The van der Waals surface area contributed by atoms with Gasteiger partial charge >= 0.3 is 0 Å². The van der Waals surface area contributed by atoms with Crippen molar-refractivity contribution in [3.05, 3.63) is 65.0 Å². The molecular formula is C28H28F2N6O3. The summed E-state index contributed by atoms with van der Waals surface area (Å²) in [5.41, 5.74) is 1.33. The van der Waals surface area contributed by atoms with Crippen molar-refractivity contribution in [1.29, 1.82) is 0 Å². The topological polar surface area (TPSA) is 105 Å². The summed E-state index contributed by atoms with van der Waals surface area (Å²) in [6, 6.07) is 6.99. The lowest BCUT2D eigenvalue weighted by Crippen LogP contribution is -2.36. The number of nitrogens with zero attached hydrogens (tertiary/aromatic N) is 5. The highest BCUT2D eigenvalue weighted by atomic mass is 19.1. The number of anilines is 2. The average molecular weight is 535 g/mol. The van der Waals surface area contributed by atoms with E-state index in [-0.39, 0.29) is 30.7 Å². The maximum absolute atomic E-state index is 14.2. The van der Waals surface area contributed by atoms with Gasteiger partial charge in [0.15, 0.2) is 17.2 Å². The minimum absolute atomic E-state index is 0.0200. The number of ether oxygens (including phenoxy) is 1. The molecule has 0 spiro atoms. The highest BCUT2D eigenvalue weighted by molar-refractivity contribution is 6.06. The van der Waals surface area contributed by atoms with Crippen LogP contribution in [0.5, 0.6) is 5.75 Å². The summed E-state index contributed by atoms with van der Waals surface area (Å²) in [7, 11) is 0. The fourth-order valence-corrected chi connectivity index (χ4v) is 5.47. The van der Waals surface area contributed by atoms with Crippen LogP contribution in [0.1, 0.15) is 43.5 Å². The van der Waals surface area contributed by atoms with Gasteiger partial charge in [-0.25, -0.2) is 23.7 Å². The summed E-state index contributed by atoms with van der Waals surface area (Å²) in [4.78, 5) is 29.3. The first kappa shape index (κ1) is 25.2. The zero-order chi connectivity index (χ0) is 27.5. The Morgan fingerprint density at radius 1 is 1.15 bits per heavy atom. The van der Waals surface area contributed by atoms with Crippen LogP contribution in [0.25, 0.3) is 17.2 Å². The number of pyridine rings is 1. The van der Waals surface area contributed by atoms with Crippen molar-refractivity contribution < 1.29 is 23.4 Å². The number of imidazole rings is 1. The third-order valence-electron chi connectivity index (χ3n) is 7.61. The van der Waals surface area contributed by atoms with Gasteiger partial charge in [-0.1, -0.05) is 6.07 Å². The van der Waals surface area contributed by atoms with E-state index in [0.717, 1.165) is 12.8 Å². The number of aromatic nitrogens is 4. The molecule has 39 heavy (non-hydrogen) atoms. The molecule has 2 aliphatic heterocycles. The number of hydrogen-bond acceptors (Lipinski definition) is 7. The molecule has 6 rings (SSSR count). The molecule has 0 bridgehead atoms. The van der Waals surface area contributed by atoms with Crippen molar-refractivity contribution in [3.63, 3.8) is 0 Å². The van der Waals surface area contributed by atoms with E-state index in [1.54, 1.807) is 22.7 Å². The van der Waals surface area contributed by atoms with Crippen molar-refractivity contribution in [2.24, 2.45) is 0 Å². The minimum Gasteiger partial charge on any atom is -0.485 e. The Labute approximate surface area is 223 Å². The molecule has 2 aliphatic rings. The van der Waals surface area contributed by atoms with E-state index in [0.29, 0.717) is 52.4 Å². The van der Waals surface area contributed by atoms with Crippen LogP contribution in [0.4, 0.5) is 20.4 Å². The summed E-state index contributed by atoms with van der Waals surface area (Å²) in [5, 5.41) is 12.9. The van der Waals surface area contributed by atoms with Gasteiger partial charge in [0.05, 0.1) is 34.9 Å². The number of amides is 1. The SMILES string of the molecule is Cc1nc2c(OCc3c(F)cccc3F)cccn2c1-c1nc2c(c(N3CCC[C@@H]3CO)n1)C(C)(C)C(=O)N2. The Morgan fingerprint density at radius 2 is 1.92 bits per heavy atom. The summed E-state index contributed by atoms with van der Waals surface area (Å²) in [6.07, 6.45) is 3.51. The van der Waals surface area contributed by atoms with Gasteiger partial charge in [0, 0.05) is 12.7 Å². The fourth-order valence-electron chi connectivity index (χ4n) is 5.47. The van der Waals surface area contributed by atoms with E-state index in [9.17, 15) is 18.7 Å². The molecule has 1 saturated heterocycles. The van der Waals surface area contributed by atoms with Crippen molar-refractivity contribution in [3.8, 4) is 17.3 Å². The number of hydrogen-bond donors (Lipinski definition) is 2. The number of rotatable bonds is 6. The Bertz CT molecular complexity index is 1600. The zero-order valence-electron chi connectivity index (χ0n) is 21.8. The van der Waals surface area contributed by atoms with Crippen LogP contribution in [-0.4, -0.2) is 49.6 Å². The third kappa shape index (κ3) is 3.99. The number of aliphatic hydroxyl groups excluding tert-OH is 1. The van der Waals surface area contributed by atoms with Gasteiger partial charge in [0.25, 0.3) is 0 Å². The number of nitrogens with one attached hydrogen (secondary N) is 1. The van der Waals surface area contributed by atoms with Crippen molar-refractivity contribution in [1.82, 2.24) is 19.4 Å². The van der Waals surface area contributed by atoms with Crippen LogP contribution in [0, 0.1) is 18.6 Å². The molecule has 1 amide bonds. The highest BCUT2D eigenvalue weighted by Gasteiger charge is 2.45. The van der Waals surface area contributed by atoms with Crippen LogP contribution < -0.4 is 15.0 Å². The lowest BCUT2D eigenvalue weighted by atomic mass is 9.86. The molecule has 1 fully saturated rings. The molecule has 3 aromatic heterocycles. The molecule has 9 nitrogen and oxygen atoms in total. The van der Waals surface area contributed by atoms with E-state index in [1.807, 2.05) is 20.8 Å². The minimum atomic E-state index is -0.844. The number of aryl methyl sites for hydroxylation is 1. The smallest absolute Gasteiger partial charge is 0.235 e. The molecule has 0 radical (unpaired) electrons. The Balaban J connectivity index is 1.46. The standard InChI is InChI=1S/C28H28F2N6O3/c1-15-22(36-12-6-10-20(25(36)31-15)39-14-17-18(29)8-4-9-19(17)30)24-32-23-21(28(2,3)27(38)34-23)26(33-24)35-11-5-7-16(35)13-37/h4,6,8-10,12,16,37H,5,7,11,13-14H2,1-3H3,(H,32,33,34,38)/t16-/m1/s1. The predicted molar refractivity (Wildman–Crippen MR) is 141 cm³/mol. The van der Waals surface area contributed by atoms with Gasteiger partial charge in [0.2, 0.25) is 5.91 Å². The van der Waals surface area contributed by atoms with Crippen molar-refractivity contribution in [2.45, 2.75) is 51.7 Å². The van der Waals surface area contributed by atoms with E-state index in [1.165, 1.54) is 18.2 Å². The number of halogens is 2.